The van der Waals surface area contributed by atoms with Crippen LogP contribution in [0.4, 0.5) is 5.69 Å². The van der Waals surface area contributed by atoms with E-state index in [9.17, 15) is 19.5 Å². The lowest BCUT2D eigenvalue weighted by atomic mass is 9.78. The molecule has 6 rings (SSSR count). The minimum Gasteiger partial charge on any atom is -0.394 e. The van der Waals surface area contributed by atoms with Gasteiger partial charge in [0.25, 0.3) is 5.91 Å². The van der Waals surface area contributed by atoms with Crippen LogP contribution in [0.5, 0.6) is 0 Å². The average Bonchev–Trinajstić information content (AvgIpc) is 3.28. The molecule has 0 aliphatic carbocycles. The highest BCUT2D eigenvalue weighted by atomic mass is 35.5. The van der Waals surface area contributed by atoms with E-state index in [-0.39, 0.29) is 29.6 Å². The Kier molecular flexibility index (Phi) is 7.05. The predicted octanol–water partition coefficient (Wildman–Crippen LogP) is 3.83. The molecule has 9 heteroatoms. The van der Waals surface area contributed by atoms with Crippen LogP contribution in [0.15, 0.2) is 72.8 Å². The first kappa shape index (κ1) is 27.1. The molecular weight excluding hydrogens is 546 g/mol. The predicted molar refractivity (Wildman–Crippen MR) is 157 cm³/mol. The SMILES string of the molecule is Cc1cccc(Cl)c1N1CC=C[C@]23S[C@@H]4C=CCN(Cc5ccccc5)C(=O)[C@@H]4[C@H]2C(=O)N([C@H](C)CO)C3C1=O. The fraction of sp³-hybridized carbons (Fsp3) is 0.387. The van der Waals surface area contributed by atoms with Crippen LogP contribution in [-0.4, -0.2) is 74.4 Å². The number of likely N-dealkylation sites (tertiary alicyclic amines) is 1. The fourth-order valence-electron chi connectivity index (χ4n) is 6.80. The zero-order valence-corrected chi connectivity index (χ0v) is 24.0. The van der Waals surface area contributed by atoms with Crippen molar-refractivity contribution in [3.63, 3.8) is 0 Å². The van der Waals surface area contributed by atoms with E-state index >= 15 is 0 Å². The molecule has 2 aromatic rings. The molecule has 3 amide bonds. The van der Waals surface area contributed by atoms with Crippen LogP contribution in [0.25, 0.3) is 0 Å². The molecule has 0 aromatic heterocycles. The third-order valence-electron chi connectivity index (χ3n) is 8.59. The van der Waals surface area contributed by atoms with Crippen molar-refractivity contribution >= 4 is 46.8 Å². The van der Waals surface area contributed by atoms with E-state index < -0.39 is 28.7 Å². The summed E-state index contributed by atoms with van der Waals surface area (Å²) >= 11 is 8.14. The van der Waals surface area contributed by atoms with Crippen LogP contribution in [0.3, 0.4) is 0 Å². The minimum absolute atomic E-state index is 0.0808. The summed E-state index contributed by atoms with van der Waals surface area (Å²) in [5.74, 6) is -1.95. The third-order valence-corrected chi connectivity index (χ3v) is 10.6. The van der Waals surface area contributed by atoms with Crippen molar-refractivity contribution in [1.82, 2.24) is 9.80 Å². The first-order valence-electron chi connectivity index (χ1n) is 13.6. The molecule has 0 bridgehead atoms. The van der Waals surface area contributed by atoms with Crippen molar-refractivity contribution < 1.29 is 19.5 Å². The van der Waals surface area contributed by atoms with Crippen LogP contribution >= 0.6 is 23.4 Å². The number of aliphatic hydroxyl groups excluding tert-OH is 1. The summed E-state index contributed by atoms with van der Waals surface area (Å²) in [6, 6.07) is 13.8. The molecule has 2 fully saturated rings. The molecule has 4 heterocycles. The third kappa shape index (κ3) is 4.11. The molecule has 0 radical (unpaired) electrons. The maximum absolute atomic E-state index is 14.5. The Labute approximate surface area is 243 Å². The number of aliphatic hydroxyl groups is 1. The van der Waals surface area contributed by atoms with Gasteiger partial charge in [0.1, 0.15) is 6.04 Å². The van der Waals surface area contributed by atoms with E-state index in [1.807, 2.05) is 73.7 Å². The molecular formula is C31H32ClN3O4S. The van der Waals surface area contributed by atoms with Gasteiger partial charge in [0.2, 0.25) is 11.8 Å². The molecule has 208 valence electrons. The number of hydrogen-bond acceptors (Lipinski definition) is 5. The number of hydrogen-bond donors (Lipinski definition) is 1. The van der Waals surface area contributed by atoms with Crippen molar-refractivity contribution in [2.75, 3.05) is 24.6 Å². The van der Waals surface area contributed by atoms with E-state index in [4.69, 9.17) is 11.6 Å². The first-order valence-corrected chi connectivity index (χ1v) is 14.9. The highest BCUT2D eigenvalue weighted by Crippen LogP contribution is 2.61. The number of nitrogens with zero attached hydrogens (tertiary/aromatic N) is 3. The van der Waals surface area contributed by atoms with Gasteiger partial charge in [-0.05, 0) is 31.0 Å². The molecule has 1 N–H and O–H groups in total. The summed E-state index contributed by atoms with van der Waals surface area (Å²) in [6.45, 7) is 4.56. The molecule has 7 nitrogen and oxygen atoms in total. The van der Waals surface area contributed by atoms with Gasteiger partial charge in [-0.2, -0.15) is 0 Å². The van der Waals surface area contributed by atoms with Crippen LogP contribution in [0.2, 0.25) is 5.02 Å². The Morgan fingerprint density at radius 1 is 1.02 bits per heavy atom. The van der Waals surface area contributed by atoms with Crippen molar-refractivity contribution in [2.45, 2.75) is 42.5 Å². The number of carbonyl (C=O) groups is 3. The van der Waals surface area contributed by atoms with Gasteiger partial charge in [-0.25, -0.2) is 0 Å². The van der Waals surface area contributed by atoms with Gasteiger partial charge in [0.15, 0.2) is 0 Å². The molecule has 6 atom stereocenters. The standard InChI is InChI=1S/C31H32ClN3O4S/c1-19-9-6-12-22(32)26(19)34-16-8-14-31-25(29(38)35(20(2)18-36)27(31)30(34)39)24-23(40-31)13-7-15-33(28(24)37)17-21-10-4-3-5-11-21/h3-14,20,23-25,27,36H,15-18H2,1-2H3/t20-,23-,24+,25+,27?,31+/m1/s1. The maximum Gasteiger partial charge on any atom is 0.251 e. The van der Waals surface area contributed by atoms with Crippen LogP contribution in [0, 0.1) is 18.8 Å². The number of para-hydroxylation sites is 1. The van der Waals surface area contributed by atoms with Crippen LogP contribution in [-0.2, 0) is 20.9 Å². The highest BCUT2D eigenvalue weighted by molar-refractivity contribution is 8.02. The molecule has 40 heavy (non-hydrogen) atoms. The topological polar surface area (TPSA) is 81.2 Å². The zero-order valence-electron chi connectivity index (χ0n) is 22.4. The van der Waals surface area contributed by atoms with E-state index in [0.29, 0.717) is 30.3 Å². The van der Waals surface area contributed by atoms with Gasteiger partial charge in [-0.15, -0.1) is 11.8 Å². The van der Waals surface area contributed by atoms with Crippen molar-refractivity contribution in [1.29, 1.82) is 0 Å². The number of halogens is 1. The van der Waals surface area contributed by atoms with Crippen LogP contribution in [0.1, 0.15) is 18.1 Å². The number of anilines is 1. The molecule has 1 spiro atoms. The van der Waals surface area contributed by atoms with Gasteiger partial charge in [-0.3, -0.25) is 14.4 Å². The van der Waals surface area contributed by atoms with E-state index in [2.05, 4.69) is 0 Å². The Morgan fingerprint density at radius 2 is 1.80 bits per heavy atom. The fourth-order valence-corrected chi connectivity index (χ4v) is 9.12. The van der Waals surface area contributed by atoms with Gasteiger partial charge in [0, 0.05) is 24.9 Å². The summed E-state index contributed by atoms with van der Waals surface area (Å²) in [7, 11) is 0. The largest absolute Gasteiger partial charge is 0.394 e. The number of amides is 3. The normalized spacial score (nSPS) is 30.2. The molecule has 2 saturated heterocycles. The first-order chi connectivity index (χ1) is 19.3. The van der Waals surface area contributed by atoms with Crippen LogP contribution < -0.4 is 4.90 Å². The van der Waals surface area contributed by atoms with Gasteiger partial charge < -0.3 is 19.8 Å². The molecule has 2 aromatic carbocycles. The Bertz CT molecular complexity index is 1390. The number of benzene rings is 2. The second kappa shape index (κ2) is 10.4. The summed E-state index contributed by atoms with van der Waals surface area (Å²) in [6.07, 6.45) is 7.96. The average molecular weight is 578 g/mol. The number of carbonyl (C=O) groups excluding carboxylic acids is 3. The monoisotopic (exact) mass is 577 g/mol. The second-order valence-electron chi connectivity index (χ2n) is 11.0. The summed E-state index contributed by atoms with van der Waals surface area (Å²) in [4.78, 5) is 48.1. The second-order valence-corrected chi connectivity index (χ2v) is 12.9. The molecule has 1 unspecified atom stereocenters. The number of thioether (sulfide) groups is 1. The smallest absolute Gasteiger partial charge is 0.251 e. The van der Waals surface area contributed by atoms with E-state index in [1.54, 1.807) is 22.8 Å². The van der Waals surface area contributed by atoms with Crippen molar-refractivity contribution in [3.05, 3.63) is 89.0 Å². The number of aryl methyl sites for hydroxylation is 1. The van der Waals surface area contributed by atoms with Gasteiger partial charge in [-0.1, -0.05) is 78.4 Å². The lowest BCUT2D eigenvalue weighted by molar-refractivity contribution is -0.144. The lowest BCUT2D eigenvalue weighted by Crippen LogP contribution is -2.56. The summed E-state index contributed by atoms with van der Waals surface area (Å²) in [5.41, 5.74) is 2.49. The maximum atomic E-state index is 14.5. The summed E-state index contributed by atoms with van der Waals surface area (Å²) < 4.78 is -0.952. The highest BCUT2D eigenvalue weighted by Gasteiger charge is 2.71. The molecule has 4 aliphatic heterocycles. The van der Waals surface area contributed by atoms with Crippen molar-refractivity contribution in [2.24, 2.45) is 11.8 Å². The number of rotatable bonds is 5. The minimum atomic E-state index is -0.952. The zero-order chi connectivity index (χ0) is 28.2. The van der Waals surface area contributed by atoms with Crippen molar-refractivity contribution in [3.8, 4) is 0 Å². The van der Waals surface area contributed by atoms with E-state index in [1.165, 1.54) is 16.7 Å². The Hall–Kier alpha value is -3.07. The molecule has 0 saturated carbocycles. The summed E-state index contributed by atoms with van der Waals surface area (Å²) in [5, 5.41) is 10.4. The quantitative estimate of drug-likeness (QED) is 0.546. The van der Waals surface area contributed by atoms with Gasteiger partial charge >= 0.3 is 0 Å². The van der Waals surface area contributed by atoms with Gasteiger partial charge in [0.05, 0.1) is 39.9 Å². The molecule has 4 aliphatic rings. The van der Waals surface area contributed by atoms with E-state index in [0.717, 1.165) is 11.1 Å². The Balaban J connectivity index is 1.43. The Morgan fingerprint density at radius 3 is 2.52 bits per heavy atom. The number of fused-ring (bicyclic) bond motifs is 2. The lowest BCUT2D eigenvalue weighted by Gasteiger charge is -2.37.